The second kappa shape index (κ2) is 7.20. The highest BCUT2D eigenvalue weighted by Gasteiger charge is 2.12. The van der Waals surface area contributed by atoms with Gasteiger partial charge in [0.05, 0.1) is 5.69 Å². The van der Waals surface area contributed by atoms with Crippen LogP contribution in [-0.2, 0) is 6.54 Å². The van der Waals surface area contributed by atoms with Gasteiger partial charge in [0.1, 0.15) is 5.75 Å². The van der Waals surface area contributed by atoms with E-state index in [0.717, 1.165) is 5.56 Å². The van der Waals surface area contributed by atoms with E-state index in [-0.39, 0.29) is 11.5 Å². The van der Waals surface area contributed by atoms with E-state index in [1.807, 2.05) is 35.0 Å². The topological polar surface area (TPSA) is 42.2 Å². The average molecular weight is 338 g/mol. The van der Waals surface area contributed by atoms with Crippen molar-refractivity contribution in [1.82, 2.24) is 4.57 Å². The number of carbonyl (C=O) groups excluding carboxylic acids is 1. The zero-order chi connectivity index (χ0) is 16.9. The summed E-state index contributed by atoms with van der Waals surface area (Å²) in [5.74, 6) is 0.170. The largest absolute Gasteiger partial charge is 0.508 e. The Morgan fingerprint density at radius 2 is 1.92 bits per heavy atom. The first kappa shape index (κ1) is 16.1. The van der Waals surface area contributed by atoms with E-state index < -0.39 is 0 Å². The van der Waals surface area contributed by atoms with Gasteiger partial charge < -0.3 is 9.67 Å². The minimum atomic E-state index is -0.0618. The molecule has 0 radical (unpaired) electrons. The Labute approximate surface area is 145 Å². The van der Waals surface area contributed by atoms with Crippen molar-refractivity contribution in [2.75, 3.05) is 0 Å². The van der Waals surface area contributed by atoms with E-state index in [9.17, 15) is 9.90 Å². The predicted octanol–water partition coefficient (Wildman–Crippen LogP) is 4.79. The highest BCUT2D eigenvalue weighted by atomic mass is 35.5. The molecule has 0 bridgehead atoms. The summed E-state index contributed by atoms with van der Waals surface area (Å²) in [6.07, 6.45) is 5.72. The molecule has 0 aliphatic heterocycles. The minimum Gasteiger partial charge on any atom is -0.508 e. The monoisotopic (exact) mass is 337 g/mol. The van der Waals surface area contributed by atoms with Crippen LogP contribution in [0.5, 0.6) is 5.75 Å². The third-order valence-corrected chi connectivity index (χ3v) is 3.87. The standard InChI is InChI=1S/C20H16ClNO2/c21-17-8-2-7-16(14-17)20(24)19-10-4-12-22(19)11-3-6-15-5-1-9-18(23)13-15/h1-10,12-14,23H,11H2/b6-3+. The van der Waals surface area contributed by atoms with Crippen molar-refractivity contribution in [2.24, 2.45) is 0 Å². The van der Waals surface area contributed by atoms with Gasteiger partial charge in [0.25, 0.3) is 0 Å². The number of hydrogen-bond acceptors (Lipinski definition) is 2. The van der Waals surface area contributed by atoms with E-state index in [4.69, 9.17) is 11.6 Å². The summed E-state index contributed by atoms with van der Waals surface area (Å²) in [5, 5.41) is 10.0. The zero-order valence-corrected chi connectivity index (χ0v) is 13.6. The van der Waals surface area contributed by atoms with Crippen LogP contribution in [0.4, 0.5) is 0 Å². The van der Waals surface area contributed by atoms with Crippen LogP contribution in [-0.4, -0.2) is 15.5 Å². The van der Waals surface area contributed by atoms with E-state index in [1.54, 1.807) is 48.5 Å². The molecule has 0 aliphatic rings. The van der Waals surface area contributed by atoms with Crippen molar-refractivity contribution in [3.8, 4) is 5.75 Å². The Morgan fingerprint density at radius 1 is 1.08 bits per heavy atom. The zero-order valence-electron chi connectivity index (χ0n) is 12.9. The van der Waals surface area contributed by atoms with Gasteiger partial charge in [0.2, 0.25) is 5.78 Å². The molecule has 24 heavy (non-hydrogen) atoms. The van der Waals surface area contributed by atoms with Gasteiger partial charge in [-0.05, 0) is 42.0 Å². The maximum absolute atomic E-state index is 12.6. The summed E-state index contributed by atoms with van der Waals surface area (Å²) >= 11 is 5.96. The molecule has 0 spiro atoms. The van der Waals surface area contributed by atoms with E-state index in [0.29, 0.717) is 22.8 Å². The fourth-order valence-electron chi connectivity index (χ4n) is 2.49. The van der Waals surface area contributed by atoms with Crippen molar-refractivity contribution < 1.29 is 9.90 Å². The number of nitrogens with zero attached hydrogens (tertiary/aromatic N) is 1. The summed E-state index contributed by atoms with van der Waals surface area (Å²) in [5.41, 5.74) is 2.09. The summed E-state index contributed by atoms with van der Waals surface area (Å²) in [6, 6.07) is 17.6. The van der Waals surface area contributed by atoms with Crippen LogP contribution in [0, 0.1) is 0 Å². The number of hydrogen-bond donors (Lipinski definition) is 1. The van der Waals surface area contributed by atoms with Crippen molar-refractivity contribution in [3.05, 3.63) is 94.8 Å². The lowest BCUT2D eigenvalue weighted by Gasteiger charge is -2.06. The third kappa shape index (κ3) is 3.76. The Hall–Kier alpha value is -2.78. The molecule has 0 saturated heterocycles. The molecule has 3 rings (SSSR count). The van der Waals surface area contributed by atoms with Gasteiger partial charge in [-0.1, -0.05) is 48.0 Å². The summed E-state index contributed by atoms with van der Waals surface area (Å²) in [4.78, 5) is 12.6. The lowest BCUT2D eigenvalue weighted by atomic mass is 10.1. The number of aromatic nitrogens is 1. The van der Waals surface area contributed by atoms with Crippen molar-refractivity contribution in [2.45, 2.75) is 6.54 Å². The molecule has 2 aromatic carbocycles. The first-order valence-corrected chi connectivity index (χ1v) is 7.92. The van der Waals surface area contributed by atoms with Crippen LogP contribution in [0.3, 0.4) is 0 Å². The maximum Gasteiger partial charge on any atom is 0.209 e. The lowest BCUT2D eigenvalue weighted by molar-refractivity contribution is 0.103. The van der Waals surface area contributed by atoms with Crippen molar-refractivity contribution in [3.63, 3.8) is 0 Å². The van der Waals surface area contributed by atoms with Gasteiger partial charge in [-0.3, -0.25) is 4.79 Å². The Bertz CT molecular complexity index is 896. The molecule has 0 aliphatic carbocycles. The number of ketones is 1. The molecule has 0 fully saturated rings. The van der Waals surface area contributed by atoms with Crippen LogP contribution < -0.4 is 0 Å². The Balaban J connectivity index is 1.77. The summed E-state index contributed by atoms with van der Waals surface area (Å²) < 4.78 is 1.88. The van der Waals surface area contributed by atoms with Gasteiger partial charge in [0, 0.05) is 23.3 Å². The van der Waals surface area contributed by atoms with Gasteiger partial charge >= 0.3 is 0 Å². The molecule has 0 saturated carbocycles. The smallest absolute Gasteiger partial charge is 0.209 e. The lowest BCUT2D eigenvalue weighted by Crippen LogP contribution is -2.09. The fraction of sp³-hybridized carbons (Fsp3) is 0.0500. The Kier molecular flexibility index (Phi) is 4.82. The van der Waals surface area contributed by atoms with Crippen molar-refractivity contribution in [1.29, 1.82) is 0 Å². The molecule has 3 aromatic rings. The van der Waals surface area contributed by atoms with Gasteiger partial charge in [-0.15, -0.1) is 0 Å². The molecule has 0 atom stereocenters. The summed E-state index contributed by atoms with van der Waals surface area (Å²) in [6.45, 7) is 0.560. The second-order valence-corrected chi connectivity index (χ2v) is 5.82. The number of halogens is 1. The normalized spacial score (nSPS) is 11.0. The number of benzene rings is 2. The molecule has 3 nitrogen and oxygen atoms in total. The molecular weight excluding hydrogens is 322 g/mol. The molecule has 1 N–H and O–H groups in total. The minimum absolute atomic E-state index is 0.0618. The van der Waals surface area contributed by atoms with Crippen LogP contribution in [0.2, 0.25) is 5.02 Å². The SMILES string of the molecule is O=C(c1cccc(Cl)c1)c1cccn1C/C=C/c1cccc(O)c1. The first-order valence-electron chi connectivity index (χ1n) is 7.54. The van der Waals surface area contributed by atoms with E-state index in [2.05, 4.69) is 0 Å². The predicted molar refractivity (Wildman–Crippen MR) is 96.5 cm³/mol. The van der Waals surface area contributed by atoms with Gasteiger partial charge in [0.15, 0.2) is 0 Å². The quantitative estimate of drug-likeness (QED) is 0.680. The molecule has 1 aromatic heterocycles. The number of phenolic OH excluding ortho intramolecular Hbond substituents is 1. The number of carbonyl (C=O) groups is 1. The fourth-order valence-corrected chi connectivity index (χ4v) is 2.68. The number of rotatable bonds is 5. The maximum atomic E-state index is 12.6. The highest BCUT2D eigenvalue weighted by molar-refractivity contribution is 6.31. The summed E-state index contributed by atoms with van der Waals surface area (Å²) in [7, 11) is 0. The van der Waals surface area contributed by atoms with Gasteiger partial charge in [-0.25, -0.2) is 0 Å². The van der Waals surface area contributed by atoms with E-state index in [1.165, 1.54) is 0 Å². The van der Waals surface area contributed by atoms with Crippen LogP contribution >= 0.6 is 11.6 Å². The first-order chi connectivity index (χ1) is 11.6. The van der Waals surface area contributed by atoms with Crippen LogP contribution in [0.1, 0.15) is 21.6 Å². The number of phenols is 1. The van der Waals surface area contributed by atoms with Crippen molar-refractivity contribution >= 4 is 23.5 Å². The highest BCUT2D eigenvalue weighted by Crippen LogP contribution is 2.16. The second-order valence-electron chi connectivity index (χ2n) is 5.38. The molecule has 0 unspecified atom stereocenters. The third-order valence-electron chi connectivity index (χ3n) is 3.63. The average Bonchev–Trinajstić information content (AvgIpc) is 3.03. The number of allylic oxidation sites excluding steroid dienone is 1. The number of aromatic hydroxyl groups is 1. The van der Waals surface area contributed by atoms with E-state index >= 15 is 0 Å². The molecule has 1 heterocycles. The molecule has 4 heteroatoms. The van der Waals surface area contributed by atoms with Crippen LogP contribution in [0.25, 0.3) is 6.08 Å². The Morgan fingerprint density at radius 3 is 2.71 bits per heavy atom. The molecule has 120 valence electrons. The van der Waals surface area contributed by atoms with Gasteiger partial charge in [-0.2, -0.15) is 0 Å². The molecular formula is C20H16ClNO2. The molecule has 0 amide bonds. The van der Waals surface area contributed by atoms with Crippen LogP contribution in [0.15, 0.2) is 72.9 Å².